The zero-order valence-corrected chi connectivity index (χ0v) is 6.97. The number of epoxide rings is 1. The van der Waals surface area contributed by atoms with Crippen molar-refractivity contribution in [1.82, 2.24) is 0 Å². The molecule has 0 radical (unpaired) electrons. The molecule has 0 saturated carbocycles. The average Bonchev–Trinajstić information content (AvgIpc) is 2.75. The lowest BCUT2D eigenvalue weighted by Crippen LogP contribution is -2.34. The van der Waals surface area contributed by atoms with Crippen molar-refractivity contribution in [2.75, 3.05) is 6.61 Å². The summed E-state index contributed by atoms with van der Waals surface area (Å²) in [7, 11) is 0. The van der Waals surface area contributed by atoms with Gasteiger partial charge in [-0.1, -0.05) is 12.2 Å². The molecule has 3 rings (SSSR count). The highest BCUT2D eigenvalue weighted by molar-refractivity contribution is 5.09. The fraction of sp³-hybridized carbons (Fsp3) is 0.778. The summed E-state index contributed by atoms with van der Waals surface area (Å²) in [5.74, 6) is 0.416. The first-order valence-electron chi connectivity index (χ1n) is 4.45. The summed E-state index contributed by atoms with van der Waals surface area (Å²) in [6.07, 6.45) is 4.97. The fourth-order valence-corrected chi connectivity index (χ4v) is 2.15. The Morgan fingerprint density at radius 1 is 1.25 bits per heavy atom. The second-order valence-electron chi connectivity index (χ2n) is 3.54. The second kappa shape index (κ2) is 2.31. The molecule has 0 aromatic rings. The van der Waals surface area contributed by atoms with Gasteiger partial charge in [0.2, 0.25) is 0 Å². The zero-order valence-electron chi connectivity index (χ0n) is 6.97. The number of fused-ring (bicyclic) bond motifs is 4. The molecular weight excluding hydrogens is 156 g/mol. The van der Waals surface area contributed by atoms with E-state index in [0.29, 0.717) is 12.0 Å². The number of rotatable bonds is 1. The summed E-state index contributed by atoms with van der Waals surface area (Å²) in [6.45, 7) is 2.76. The molecule has 0 spiro atoms. The average molecular weight is 168 g/mol. The molecule has 3 nitrogen and oxygen atoms in total. The van der Waals surface area contributed by atoms with Crippen molar-refractivity contribution >= 4 is 0 Å². The molecule has 3 heteroatoms. The van der Waals surface area contributed by atoms with E-state index in [-0.39, 0.29) is 18.5 Å². The summed E-state index contributed by atoms with van der Waals surface area (Å²) in [5.41, 5.74) is 0. The van der Waals surface area contributed by atoms with Crippen molar-refractivity contribution in [3.8, 4) is 0 Å². The maximum atomic E-state index is 5.62. The predicted octanol–water partition coefficient (Wildman–Crippen LogP) is 0.701. The quantitative estimate of drug-likeness (QED) is 0.426. The lowest BCUT2D eigenvalue weighted by atomic mass is 9.95. The maximum Gasteiger partial charge on any atom is 0.186 e. The SMILES string of the molecule is CC=C[C@H]1[C@@H]2O[C@H]2[C@@H]2OC[C@H]1O2. The van der Waals surface area contributed by atoms with Gasteiger partial charge in [-0.25, -0.2) is 0 Å². The van der Waals surface area contributed by atoms with Crippen LogP contribution < -0.4 is 0 Å². The summed E-state index contributed by atoms with van der Waals surface area (Å²) in [5, 5.41) is 0. The molecule has 3 saturated heterocycles. The first-order valence-corrected chi connectivity index (χ1v) is 4.45. The third-order valence-corrected chi connectivity index (χ3v) is 2.79. The van der Waals surface area contributed by atoms with Gasteiger partial charge in [0, 0.05) is 5.92 Å². The minimum Gasteiger partial charge on any atom is -0.363 e. The minimum absolute atomic E-state index is 0.0680. The molecule has 5 atom stereocenters. The first-order chi connectivity index (χ1) is 5.90. The van der Waals surface area contributed by atoms with Gasteiger partial charge in [-0.2, -0.15) is 0 Å². The van der Waals surface area contributed by atoms with Gasteiger partial charge in [-0.3, -0.25) is 0 Å². The van der Waals surface area contributed by atoms with Crippen molar-refractivity contribution < 1.29 is 14.2 Å². The van der Waals surface area contributed by atoms with Crippen LogP contribution in [-0.4, -0.2) is 31.2 Å². The monoisotopic (exact) mass is 168 g/mol. The molecule has 0 N–H and O–H groups in total. The van der Waals surface area contributed by atoms with E-state index in [2.05, 4.69) is 12.2 Å². The van der Waals surface area contributed by atoms with Crippen molar-refractivity contribution in [2.24, 2.45) is 5.92 Å². The Bertz CT molecular complexity index is 226. The standard InChI is InChI=1S/C9H12O3/c1-2-3-5-6-4-10-9(11-6)8-7(5)12-8/h2-3,5-9H,4H2,1H3/t5-,6-,7+,8-,9-/m1/s1. The number of ether oxygens (including phenoxy) is 3. The van der Waals surface area contributed by atoms with Gasteiger partial charge >= 0.3 is 0 Å². The van der Waals surface area contributed by atoms with Gasteiger partial charge in [0.1, 0.15) is 6.10 Å². The van der Waals surface area contributed by atoms with E-state index in [1.807, 2.05) is 6.92 Å². The third kappa shape index (κ3) is 0.815. The molecule has 0 aromatic carbocycles. The molecule has 3 heterocycles. The van der Waals surface area contributed by atoms with Crippen LogP contribution in [0.3, 0.4) is 0 Å². The normalized spacial score (nSPS) is 55.9. The van der Waals surface area contributed by atoms with Crippen molar-refractivity contribution in [3.63, 3.8) is 0 Å². The molecule has 12 heavy (non-hydrogen) atoms. The van der Waals surface area contributed by atoms with E-state index in [1.165, 1.54) is 0 Å². The van der Waals surface area contributed by atoms with Crippen LogP contribution in [0, 0.1) is 5.92 Å². The third-order valence-electron chi connectivity index (χ3n) is 2.79. The summed E-state index contributed by atoms with van der Waals surface area (Å²) in [6, 6.07) is 0. The van der Waals surface area contributed by atoms with Crippen LogP contribution in [0.25, 0.3) is 0 Å². The van der Waals surface area contributed by atoms with E-state index >= 15 is 0 Å². The van der Waals surface area contributed by atoms with E-state index in [0.717, 1.165) is 6.61 Å². The highest BCUT2D eigenvalue weighted by Crippen LogP contribution is 2.45. The van der Waals surface area contributed by atoms with Crippen molar-refractivity contribution in [3.05, 3.63) is 12.2 Å². The first kappa shape index (κ1) is 7.06. The Kier molecular flexibility index (Phi) is 1.36. The fourth-order valence-electron chi connectivity index (χ4n) is 2.15. The molecule has 0 unspecified atom stereocenters. The van der Waals surface area contributed by atoms with E-state index in [1.54, 1.807) is 0 Å². The lowest BCUT2D eigenvalue weighted by Gasteiger charge is -2.20. The maximum absolute atomic E-state index is 5.62. The molecule has 2 bridgehead atoms. The van der Waals surface area contributed by atoms with Gasteiger partial charge in [0.25, 0.3) is 0 Å². The Morgan fingerprint density at radius 2 is 2.17 bits per heavy atom. The second-order valence-corrected chi connectivity index (χ2v) is 3.54. The Balaban J connectivity index is 1.85. The largest absolute Gasteiger partial charge is 0.363 e. The number of hydrogen-bond donors (Lipinski definition) is 0. The minimum atomic E-state index is -0.0680. The summed E-state index contributed by atoms with van der Waals surface area (Å²) >= 11 is 0. The highest BCUT2D eigenvalue weighted by atomic mass is 16.8. The molecule has 3 fully saturated rings. The van der Waals surface area contributed by atoms with Crippen molar-refractivity contribution in [1.29, 1.82) is 0 Å². The number of hydrogen-bond acceptors (Lipinski definition) is 3. The van der Waals surface area contributed by atoms with Crippen LogP contribution in [0.4, 0.5) is 0 Å². The van der Waals surface area contributed by atoms with Gasteiger partial charge in [0.05, 0.1) is 18.8 Å². The Labute approximate surface area is 71.3 Å². The summed E-state index contributed by atoms with van der Waals surface area (Å²) in [4.78, 5) is 0. The lowest BCUT2D eigenvalue weighted by molar-refractivity contribution is -0.0846. The topological polar surface area (TPSA) is 31.0 Å². The molecule has 0 amide bonds. The smallest absolute Gasteiger partial charge is 0.186 e. The predicted molar refractivity (Wildman–Crippen MR) is 41.6 cm³/mol. The summed E-state index contributed by atoms with van der Waals surface area (Å²) < 4.78 is 16.5. The zero-order chi connectivity index (χ0) is 8.13. The van der Waals surface area contributed by atoms with Gasteiger partial charge in [-0.15, -0.1) is 0 Å². The Morgan fingerprint density at radius 3 is 3.00 bits per heavy atom. The van der Waals surface area contributed by atoms with Crippen LogP contribution in [0.1, 0.15) is 6.92 Å². The van der Waals surface area contributed by atoms with E-state index < -0.39 is 0 Å². The molecule has 0 aromatic heterocycles. The number of allylic oxidation sites excluding steroid dienone is 1. The van der Waals surface area contributed by atoms with Crippen molar-refractivity contribution in [2.45, 2.75) is 31.5 Å². The molecule has 66 valence electrons. The van der Waals surface area contributed by atoms with Crippen LogP contribution in [0.5, 0.6) is 0 Å². The molecule has 0 aliphatic carbocycles. The molecular formula is C9H12O3. The highest BCUT2D eigenvalue weighted by Gasteiger charge is 2.60. The molecule has 3 aliphatic heterocycles. The molecule has 3 aliphatic rings. The van der Waals surface area contributed by atoms with Crippen LogP contribution in [0.2, 0.25) is 0 Å². The Hall–Kier alpha value is -0.380. The van der Waals surface area contributed by atoms with Gasteiger partial charge < -0.3 is 14.2 Å². The van der Waals surface area contributed by atoms with Crippen LogP contribution in [0.15, 0.2) is 12.2 Å². The van der Waals surface area contributed by atoms with Crippen LogP contribution in [-0.2, 0) is 14.2 Å². The van der Waals surface area contributed by atoms with Gasteiger partial charge in [0.15, 0.2) is 6.29 Å². The van der Waals surface area contributed by atoms with E-state index in [9.17, 15) is 0 Å². The van der Waals surface area contributed by atoms with Gasteiger partial charge in [-0.05, 0) is 6.92 Å². The van der Waals surface area contributed by atoms with E-state index in [4.69, 9.17) is 14.2 Å². The van der Waals surface area contributed by atoms with Crippen LogP contribution >= 0.6 is 0 Å².